The van der Waals surface area contributed by atoms with Crippen LogP contribution in [0.4, 0.5) is 17.5 Å². The number of nitrogens with two attached hydrogens (primary N) is 1. The fraction of sp³-hybridized carbons (Fsp3) is 0.0500. The van der Waals surface area contributed by atoms with Crippen LogP contribution < -0.4 is 15.8 Å². The molecule has 5 rings (SSSR count). The van der Waals surface area contributed by atoms with E-state index in [1.165, 1.54) is 0 Å². The van der Waals surface area contributed by atoms with E-state index in [2.05, 4.69) is 36.5 Å². The summed E-state index contributed by atoms with van der Waals surface area (Å²) < 4.78 is 5.33. The number of fused-ring (bicyclic) bond motifs is 2. The number of ether oxygens (including phenoxy) is 1. The summed E-state index contributed by atoms with van der Waals surface area (Å²) in [5.74, 6) is 1.67. The summed E-state index contributed by atoms with van der Waals surface area (Å²) in [6, 6.07) is 13.9. The Morgan fingerprint density at radius 1 is 1.07 bits per heavy atom. The molecule has 0 saturated heterocycles. The van der Waals surface area contributed by atoms with Crippen molar-refractivity contribution in [2.45, 2.75) is 0 Å². The van der Waals surface area contributed by atoms with Crippen molar-refractivity contribution < 1.29 is 4.74 Å². The third kappa shape index (κ3) is 2.77. The van der Waals surface area contributed by atoms with Gasteiger partial charge in [-0.05, 0) is 42.5 Å². The van der Waals surface area contributed by atoms with E-state index in [0.717, 1.165) is 44.5 Å². The average molecular weight is 371 g/mol. The van der Waals surface area contributed by atoms with Crippen molar-refractivity contribution in [3.05, 3.63) is 54.9 Å². The van der Waals surface area contributed by atoms with Crippen LogP contribution in [0, 0.1) is 0 Å². The van der Waals surface area contributed by atoms with Crippen LogP contribution in [-0.4, -0.2) is 32.3 Å². The number of nitrogen functional groups attached to an aromatic ring is 1. The Morgan fingerprint density at radius 2 is 2.00 bits per heavy atom. The van der Waals surface area contributed by atoms with Gasteiger partial charge in [-0.2, -0.15) is 10.1 Å². The first kappa shape index (κ1) is 16.1. The van der Waals surface area contributed by atoms with Crippen molar-refractivity contribution in [3.63, 3.8) is 0 Å². The van der Waals surface area contributed by atoms with Crippen molar-refractivity contribution >= 4 is 39.3 Å². The first-order valence-electron chi connectivity index (χ1n) is 8.69. The van der Waals surface area contributed by atoms with E-state index < -0.39 is 0 Å². The number of H-pyrrole nitrogens is 2. The molecule has 0 bridgehead atoms. The fourth-order valence-electron chi connectivity index (χ4n) is 3.32. The lowest BCUT2D eigenvalue weighted by atomic mass is 10.1. The highest BCUT2D eigenvalue weighted by Gasteiger charge is 2.12. The lowest BCUT2D eigenvalue weighted by molar-refractivity contribution is 0.415. The normalized spacial score (nSPS) is 11.2. The van der Waals surface area contributed by atoms with Gasteiger partial charge in [-0.1, -0.05) is 0 Å². The van der Waals surface area contributed by atoms with Gasteiger partial charge in [0.15, 0.2) is 0 Å². The second-order valence-electron chi connectivity index (χ2n) is 6.42. The van der Waals surface area contributed by atoms with Gasteiger partial charge in [0, 0.05) is 39.4 Å². The number of hydrogen-bond acceptors (Lipinski definition) is 6. The zero-order chi connectivity index (χ0) is 19.1. The first-order chi connectivity index (χ1) is 13.7. The van der Waals surface area contributed by atoms with Crippen LogP contribution in [-0.2, 0) is 0 Å². The number of hydrogen-bond donors (Lipinski definition) is 4. The third-order valence-corrected chi connectivity index (χ3v) is 4.61. The molecule has 0 radical (unpaired) electrons. The number of anilines is 3. The molecule has 0 atom stereocenters. The third-order valence-electron chi connectivity index (χ3n) is 4.61. The number of nitrogens with zero attached hydrogens (tertiary/aromatic N) is 3. The van der Waals surface area contributed by atoms with E-state index in [0.29, 0.717) is 5.82 Å². The molecular weight excluding hydrogens is 354 g/mol. The molecule has 0 amide bonds. The van der Waals surface area contributed by atoms with E-state index in [-0.39, 0.29) is 5.95 Å². The summed E-state index contributed by atoms with van der Waals surface area (Å²) in [6.07, 6.45) is 3.41. The second-order valence-corrected chi connectivity index (χ2v) is 6.42. The number of aromatic nitrogens is 5. The minimum absolute atomic E-state index is 0.221. The standard InChI is InChI=1S/C20H17N7O/c1-28-14-2-3-16-11(7-14)8-17(25-16)15-9-13(6-12-10-23-27-19(12)15)24-18-4-5-22-20(21)26-18/h2-10,25H,1H3,(H,23,27)(H3,21,22,24,26). The van der Waals surface area contributed by atoms with Gasteiger partial charge in [-0.15, -0.1) is 0 Å². The smallest absolute Gasteiger partial charge is 0.221 e. The van der Waals surface area contributed by atoms with Crippen molar-refractivity contribution in [2.75, 3.05) is 18.2 Å². The van der Waals surface area contributed by atoms with Crippen LogP contribution in [0.2, 0.25) is 0 Å². The molecule has 5 N–H and O–H groups in total. The molecule has 0 saturated carbocycles. The average Bonchev–Trinajstić information content (AvgIpc) is 3.33. The molecule has 2 aromatic carbocycles. The molecule has 138 valence electrons. The summed E-state index contributed by atoms with van der Waals surface area (Å²) in [7, 11) is 1.66. The maximum Gasteiger partial charge on any atom is 0.221 e. The van der Waals surface area contributed by atoms with Crippen LogP contribution in [0.3, 0.4) is 0 Å². The molecule has 0 aliphatic rings. The van der Waals surface area contributed by atoms with Crippen LogP contribution in [0.15, 0.2) is 54.9 Å². The molecule has 28 heavy (non-hydrogen) atoms. The zero-order valence-electron chi connectivity index (χ0n) is 15.0. The Hall–Kier alpha value is -4.07. The quantitative estimate of drug-likeness (QED) is 0.381. The van der Waals surface area contributed by atoms with E-state index >= 15 is 0 Å². The summed E-state index contributed by atoms with van der Waals surface area (Å²) in [5, 5.41) is 12.6. The number of aromatic amines is 2. The van der Waals surface area contributed by atoms with E-state index in [1.54, 1.807) is 25.6 Å². The summed E-state index contributed by atoms with van der Waals surface area (Å²) >= 11 is 0. The van der Waals surface area contributed by atoms with Gasteiger partial charge >= 0.3 is 0 Å². The summed E-state index contributed by atoms with van der Waals surface area (Å²) in [4.78, 5) is 11.6. The Balaban J connectivity index is 1.63. The maximum absolute atomic E-state index is 5.68. The van der Waals surface area contributed by atoms with Crippen LogP contribution in [0.5, 0.6) is 5.75 Å². The zero-order valence-corrected chi connectivity index (χ0v) is 15.0. The molecule has 5 aromatic rings. The summed E-state index contributed by atoms with van der Waals surface area (Å²) in [5.41, 5.74) is 10.5. The minimum Gasteiger partial charge on any atom is -0.497 e. The Kier molecular flexibility index (Phi) is 3.61. The SMILES string of the molecule is COc1ccc2[nH]c(-c3cc(Nc4ccnc(N)n4)cc4cn[nH]c34)cc2c1. The highest BCUT2D eigenvalue weighted by atomic mass is 16.5. The Labute approximate surface area is 159 Å². The van der Waals surface area contributed by atoms with E-state index in [4.69, 9.17) is 10.5 Å². The number of rotatable bonds is 4. The van der Waals surface area contributed by atoms with E-state index in [9.17, 15) is 0 Å². The largest absolute Gasteiger partial charge is 0.497 e. The molecule has 8 nitrogen and oxygen atoms in total. The fourth-order valence-corrected chi connectivity index (χ4v) is 3.32. The molecule has 3 heterocycles. The molecule has 0 spiro atoms. The molecule has 8 heteroatoms. The van der Waals surface area contributed by atoms with Crippen LogP contribution >= 0.6 is 0 Å². The molecule has 0 aliphatic heterocycles. The van der Waals surface area contributed by atoms with Gasteiger partial charge in [0.1, 0.15) is 11.6 Å². The van der Waals surface area contributed by atoms with Gasteiger partial charge in [-0.3, -0.25) is 5.10 Å². The van der Waals surface area contributed by atoms with Gasteiger partial charge < -0.3 is 20.8 Å². The predicted molar refractivity (Wildman–Crippen MR) is 110 cm³/mol. The van der Waals surface area contributed by atoms with E-state index in [1.807, 2.05) is 30.3 Å². The molecule has 3 aromatic heterocycles. The monoisotopic (exact) mass is 371 g/mol. The Bertz CT molecular complexity index is 1300. The van der Waals surface area contributed by atoms with Gasteiger partial charge in [0.25, 0.3) is 0 Å². The number of methoxy groups -OCH3 is 1. The highest BCUT2D eigenvalue weighted by Crippen LogP contribution is 2.34. The number of nitrogens with one attached hydrogen (secondary N) is 3. The van der Waals surface area contributed by atoms with Crippen molar-refractivity contribution in [1.82, 2.24) is 25.1 Å². The van der Waals surface area contributed by atoms with Gasteiger partial charge in [-0.25, -0.2) is 4.98 Å². The van der Waals surface area contributed by atoms with Gasteiger partial charge in [0.2, 0.25) is 5.95 Å². The molecule has 0 aliphatic carbocycles. The topological polar surface area (TPSA) is 118 Å². The lowest BCUT2D eigenvalue weighted by Crippen LogP contribution is -1.99. The highest BCUT2D eigenvalue weighted by molar-refractivity contribution is 5.99. The first-order valence-corrected chi connectivity index (χ1v) is 8.69. The molecule has 0 unspecified atom stereocenters. The lowest BCUT2D eigenvalue weighted by Gasteiger charge is -2.09. The van der Waals surface area contributed by atoms with Gasteiger partial charge in [0.05, 0.1) is 18.8 Å². The Morgan fingerprint density at radius 3 is 2.86 bits per heavy atom. The summed E-state index contributed by atoms with van der Waals surface area (Å²) in [6.45, 7) is 0. The minimum atomic E-state index is 0.221. The van der Waals surface area contributed by atoms with Crippen molar-refractivity contribution in [2.24, 2.45) is 0 Å². The van der Waals surface area contributed by atoms with Crippen molar-refractivity contribution in [1.29, 1.82) is 0 Å². The second kappa shape index (κ2) is 6.27. The molecule has 0 fully saturated rings. The van der Waals surface area contributed by atoms with Crippen molar-refractivity contribution in [3.8, 4) is 17.0 Å². The maximum atomic E-state index is 5.68. The molecular formula is C20H17N7O. The predicted octanol–water partition coefficient (Wildman–Crippen LogP) is 3.84. The van der Waals surface area contributed by atoms with Crippen LogP contribution in [0.25, 0.3) is 33.1 Å². The van der Waals surface area contributed by atoms with Crippen LogP contribution in [0.1, 0.15) is 0 Å². The number of benzene rings is 2.